The molecule has 2 aromatic carbocycles. The first-order chi connectivity index (χ1) is 10.0. The lowest BCUT2D eigenvalue weighted by Gasteiger charge is -2.16. The number of nitrogens with zero attached hydrogens (tertiary/aromatic N) is 1. The van der Waals surface area contributed by atoms with Crippen molar-refractivity contribution in [1.82, 2.24) is 0 Å². The number of nitro groups is 1. The van der Waals surface area contributed by atoms with Gasteiger partial charge in [0.25, 0.3) is 0 Å². The van der Waals surface area contributed by atoms with Gasteiger partial charge in [-0.05, 0) is 36.8 Å². The van der Waals surface area contributed by atoms with Gasteiger partial charge in [-0.25, -0.2) is 4.39 Å². The van der Waals surface area contributed by atoms with Gasteiger partial charge in [0.05, 0.1) is 4.92 Å². The third kappa shape index (κ3) is 3.26. The third-order valence-electron chi connectivity index (χ3n) is 3.12. The summed E-state index contributed by atoms with van der Waals surface area (Å²) < 4.78 is 12.9. The van der Waals surface area contributed by atoms with Gasteiger partial charge in [-0.3, -0.25) is 16.0 Å². The zero-order valence-electron chi connectivity index (χ0n) is 11.3. The molecule has 2 aromatic rings. The second-order valence-electron chi connectivity index (χ2n) is 4.52. The fourth-order valence-electron chi connectivity index (χ4n) is 2.04. The van der Waals surface area contributed by atoms with Gasteiger partial charge >= 0.3 is 5.69 Å². The minimum absolute atomic E-state index is 0.131. The predicted molar refractivity (Wildman–Crippen MR) is 79.3 cm³/mol. The smallest absolute Gasteiger partial charge is 0.316 e. The summed E-state index contributed by atoms with van der Waals surface area (Å²) in [5, 5.41) is 14.2. The number of rotatable bonds is 5. The summed E-state index contributed by atoms with van der Waals surface area (Å²) in [4.78, 5) is 10.7. The molecule has 7 heteroatoms. The molecule has 0 aliphatic rings. The number of nitrogen functional groups attached to an aromatic ring is 1. The molecule has 21 heavy (non-hydrogen) atoms. The Morgan fingerprint density at radius 2 is 1.81 bits per heavy atom. The molecule has 0 saturated heterocycles. The second-order valence-corrected chi connectivity index (χ2v) is 4.52. The number of hydrogen-bond acceptors (Lipinski definition) is 5. The van der Waals surface area contributed by atoms with Crippen molar-refractivity contribution in [2.24, 2.45) is 5.84 Å². The monoisotopic (exact) mass is 290 g/mol. The van der Waals surface area contributed by atoms with Crippen molar-refractivity contribution >= 4 is 17.1 Å². The Kier molecular flexibility index (Phi) is 4.34. The van der Waals surface area contributed by atoms with Gasteiger partial charge in [0.15, 0.2) is 0 Å². The largest absolute Gasteiger partial charge is 0.373 e. The maximum absolute atomic E-state index is 12.9. The van der Waals surface area contributed by atoms with Crippen LogP contribution in [-0.2, 0) is 0 Å². The first-order valence-electron chi connectivity index (χ1n) is 6.29. The summed E-state index contributed by atoms with van der Waals surface area (Å²) in [6, 6.07) is 10.5. The molecular weight excluding hydrogens is 275 g/mol. The number of anilines is 2. The van der Waals surface area contributed by atoms with Crippen molar-refractivity contribution < 1.29 is 9.31 Å². The fourth-order valence-corrected chi connectivity index (χ4v) is 2.04. The molecule has 0 bridgehead atoms. The summed E-state index contributed by atoms with van der Waals surface area (Å²) in [5.74, 6) is 4.96. The highest BCUT2D eigenvalue weighted by molar-refractivity contribution is 5.76. The van der Waals surface area contributed by atoms with E-state index in [1.54, 1.807) is 24.3 Å². The summed E-state index contributed by atoms with van der Waals surface area (Å²) in [7, 11) is 0. The SMILES string of the molecule is CC(Nc1cccc(NN)c1[N+](=O)[O-])c1ccc(F)cc1. The van der Waals surface area contributed by atoms with Crippen molar-refractivity contribution in [2.75, 3.05) is 10.7 Å². The van der Waals surface area contributed by atoms with Crippen LogP contribution < -0.4 is 16.6 Å². The molecule has 4 N–H and O–H groups in total. The molecule has 0 aliphatic carbocycles. The third-order valence-corrected chi connectivity index (χ3v) is 3.12. The minimum atomic E-state index is -0.505. The average molecular weight is 290 g/mol. The van der Waals surface area contributed by atoms with E-state index in [9.17, 15) is 14.5 Å². The number of hydrogen-bond donors (Lipinski definition) is 3. The van der Waals surface area contributed by atoms with E-state index in [2.05, 4.69) is 10.7 Å². The van der Waals surface area contributed by atoms with Crippen LogP contribution in [0.1, 0.15) is 18.5 Å². The van der Waals surface area contributed by atoms with Crippen molar-refractivity contribution in [3.8, 4) is 0 Å². The molecule has 2 rings (SSSR count). The van der Waals surface area contributed by atoms with E-state index >= 15 is 0 Å². The van der Waals surface area contributed by atoms with E-state index in [0.29, 0.717) is 5.69 Å². The molecule has 0 aromatic heterocycles. The van der Waals surface area contributed by atoms with Gasteiger partial charge in [0.1, 0.15) is 17.2 Å². The van der Waals surface area contributed by atoms with Crippen molar-refractivity contribution in [3.05, 3.63) is 64.0 Å². The molecule has 1 unspecified atom stereocenters. The Hall–Kier alpha value is -2.67. The van der Waals surface area contributed by atoms with E-state index in [4.69, 9.17) is 5.84 Å². The van der Waals surface area contributed by atoms with Gasteiger partial charge in [0, 0.05) is 6.04 Å². The normalized spacial score (nSPS) is 11.8. The summed E-state index contributed by atoms with van der Waals surface area (Å²) in [5.41, 5.74) is 3.55. The summed E-state index contributed by atoms with van der Waals surface area (Å²) >= 11 is 0. The van der Waals surface area contributed by atoms with Crippen molar-refractivity contribution in [1.29, 1.82) is 0 Å². The highest BCUT2D eigenvalue weighted by Crippen LogP contribution is 2.34. The van der Waals surface area contributed by atoms with Crippen LogP contribution in [-0.4, -0.2) is 4.92 Å². The lowest BCUT2D eigenvalue weighted by Crippen LogP contribution is -2.12. The Balaban J connectivity index is 2.30. The van der Waals surface area contributed by atoms with Crippen LogP contribution in [0.4, 0.5) is 21.5 Å². The van der Waals surface area contributed by atoms with Crippen LogP contribution in [0, 0.1) is 15.9 Å². The van der Waals surface area contributed by atoms with Gasteiger partial charge in [-0.1, -0.05) is 18.2 Å². The first kappa shape index (κ1) is 14.7. The maximum Gasteiger partial charge on any atom is 0.316 e. The highest BCUT2D eigenvalue weighted by Gasteiger charge is 2.20. The zero-order valence-corrected chi connectivity index (χ0v) is 11.3. The topological polar surface area (TPSA) is 93.2 Å². The minimum Gasteiger partial charge on any atom is -0.373 e. The van der Waals surface area contributed by atoms with Crippen molar-refractivity contribution in [2.45, 2.75) is 13.0 Å². The number of para-hydroxylation sites is 1. The molecule has 0 radical (unpaired) electrons. The molecule has 1 atom stereocenters. The molecule has 0 saturated carbocycles. The van der Waals surface area contributed by atoms with Gasteiger partial charge in [-0.15, -0.1) is 0 Å². The molecule has 6 nitrogen and oxygen atoms in total. The van der Waals surface area contributed by atoms with Crippen LogP contribution in [0.3, 0.4) is 0 Å². The molecular formula is C14H15FN4O2. The van der Waals surface area contributed by atoms with Crippen LogP contribution in [0.15, 0.2) is 42.5 Å². The standard InChI is InChI=1S/C14H15FN4O2/c1-9(10-5-7-11(15)8-6-10)17-12-3-2-4-13(18-16)14(12)19(20)21/h2-9,17-18H,16H2,1H3. The Morgan fingerprint density at radius 3 is 2.38 bits per heavy atom. The molecule has 0 spiro atoms. The number of nitrogens with one attached hydrogen (secondary N) is 2. The van der Waals surface area contributed by atoms with E-state index in [1.165, 1.54) is 18.2 Å². The van der Waals surface area contributed by atoms with E-state index < -0.39 is 4.92 Å². The van der Waals surface area contributed by atoms with Crippen LogP contribution >= 0.6 is 0 Å². The van der Waals surface area contributed by atoms with Gasteiger partial charge in [-0.2, -0.15) is 0 Å². The number of nitro benzene ring substituents is 1. The van der Waals surface area contributed by atoms with Crippen LogP contribution in [0.25, 0.3) is 0 Å². The number of halogens is 1. The average Bonchev–Trinajstić information content (AvgIpc) is 2.47. The van der Waals surface area contributed by atoms with Crippen molar-refractivity contribution in [3.63, 3.8) is 0 Å². The maximum atomic E-state index is 12.9. The zero-order chi connectivity index (χ0) is 15.4. The quantitative estimate of drug-likeness (QED) is 0.446. The Morgan fingerprint density at radius 1 is 1.19 bits per heavy atom. The molecule has 0 aliphatic heterocycles. The van der Waals surface area contributed by atoms with Gasteiger partial charge in [0.2, 0.25) is 0 Å². The fraction of sp³-hybridized carbons (Fsp3) is 0.143. The lowest BCUT2D eigenvalue weighted by atomic mass is 10.1. The van der Waals surface area contributed by atoms with Crippen LogP contribution in [0.5, 0.6) is 0 Å². The first-order valence-corrected chi connectivity index (χ1v) is 6.29. The molecule has 0 amide bonds. The highest BCUT2D eigenvalue weighted by atomic mass is 19.1. The molecule has 0 heterocycles. The van der Waals surface area contributed by atoms with E-state index in [-0.39, 0.29) is 23.2 Å². The summed E-state index contributed by atoms with van der Waals surface area (Å²) in [6.07, 6.45) is 0. The van der Waals surface area contributed by atoms with Gasteiger partial charge < -0.3 is 10.7 Å². The number of nitrogens with two attached hydrogens (primary N) is 1. The predicted octanol–water partition coefficient (Wildman–Crippen LogP) is 3.19. The summed E-state index contributed by atoms with van der Waals surface area (Å²) in [6.45, 7) is 1.83. The molecule has 0 fully saturated rings. The number of hydrazine groups is 1. The second kappa shape index (κ2) is 6.19. The van der Waals surface area contributed by atoms with Crippen LogP contribution in [0.2, 0.25) is 0 Å². The molecule has 110 valence electrons. The lowest BCUT2D eigenvalue weighted by molar-refractivity contribution is -0.383. The Bertz CT molecular complexity index is 646. The van der Waals surface area contributed by atoms with E-state index in [0.717, 1.165) is 5.56 Å². The Labute approximate surface area is 120 Å². The number of benzene rings is 2. The van der Waals surface area contributed by atoms with E-state index in [1.807, 2.05) is 6.92 Å².